The highest BCUT2D eigenvalue weighted by Gasteiger charge is 2.14. The highest BCUT2D eigenvalue weighted by atomic mass is 79.9. The number of hydrazone groups is 1. The summed E-state index contributed by atoms with van der Waals surface area (Å²) in [5.74, 6) is -0.0688. The van der Waals surface area contributed by atoms with E-state index in [0.717, 1.165) is 15.2 Å². The van der Waals surface area contributed by atoms with E-state index in [9.17, 15) is 4.79 Å². The summed E-state index contributed by atoms with van der Waals surface area (Å²) in [5.41, 5.74) is 8.91. The van der Waals surface area contributed by atoms with Gasteiger partial charge >= 0.3 is 5.97 Å². The van der Waals surface area contributed by atoms with Gasteiger partial charge in [-0.15, -0.1) is 0 Å². The zero-order valence-electron chi connectivity index (χ0n) is 13.5. The number of thiocarbonyl (C=S) groups is 1. The van der Waals surface area contributed by atoms with Crippen molar-refractivity contribution in [2.24, 2.45) is 10.8 Å². The molecule has 0 saturated carbocycles. The average molecular weight is 428 g/mol. The van der Waals surface area contributed by atoms with Crippen LogP contribution >= 0.6 is 28.1 Å². The van der Waals surface area contributed by atoms with Gasteiger partial charge in [0, 0.05) is 10.0 Å². The van der Waals surface area contributed by atoms with Crippen molar-refractivity contribution in [2.45, 2.75) is 0 Å². The summed E-state index contributed by atoms with van der Waals surface area (Å²) in [4.78, 5) is 12.7. The number of nitrogens with two attached hydrogens (primary N) is 1. The second kappa shape index (κ2) is 8.07. The lowest BCUT2D eigenvalue weighted by molar-refractivity contribution is 0.0736. The van der Waals surface area contributed by atoms with Gasteiger partial charge in [-0.1, -0.05) is 52.3 Å². The lowest BCUT2D eigenvalue weighted by atomic mass is 10.0. The van der Waals surface area contributed by atoms with Crippen molar-refractivity contribution in [2.75, 3.05) is 0 Å². The first kappa shape index (κ1) is 18.0. The fourth-order valence-corrected chi connectivity index (χ4v) is 2.87. The second-order valence-electron chi connectivity index (χ2n) is 5.33. The smallest absolute Gasteiger partial charge is 0.344 e. The van der Waals surface area contributed by atoms with Crippen LogP contribution in [0.2, 0.25) is 0 Å². The Balaban J connectivity index is 1.91. The maximum atomic E-state index is 12.7. The Morgan fingerprint density at radius 2 is 1.92 bits per heavy atom. The van der Waals surface area contributed by atoms with Crippen molar-refractivity contribution in [3.8, 4) is 5.75 Å². The van der Waals surface area contributed by atoms with Crippen LogP contribution in [0.5, 0.6) is 5.75 Å². The molecule has 0 radical (unpaired) electrons. The van der Waals surface area contributed by atoms with Gasteiger partial charge in [-0.05, 0) is 47.3 Å². The molecule has 0 bridgehead atoms. The number of ether oxygens (including phenoxy) is 1. The van der Waals surface area contributed by atoms with E-state index in [-0.39, 0.29) is 5.11 Å². The van der Waals surface area contributed by atoms with E-state index in [1.54, 1.807) is 24.3 Å². The van der Waals surface area contributed by atoms with Crippen LogP contribution in [0.15, 0.2) is 70.2 Å². The summed E-state index contributed by atoms with van der Waals surface area (Å²) < 4.78 is 6.43. The molecule has 0 spiro atoms. The Labute approximate surface area is 164 Å². The largest absolute Gasteiger partial charge is 0.422 e. The quantitative estimate of drug-likeness (QED) is 0.216. The van der Waals surface area contributed by atoms with Gasteiger partial charge in [-0.2, -0.15) is 5.10 Å². The number of carbonyl (C=O) groups excluding carboxylic acids is 1. The summed E-state index contributed by atoms with van der Waals surface area (Å²) in [5, 5.41) is 5.77. The lowest BCUT2D eigenvalue weighted by Gasteiger charge is -2.10. The zero-order chi connectivity index (χ0) is 18.5. The Kier molecular flexibility index (Phi) is 5.60. The van der Waals surface area contributed by atoms with E-state index < -0.39 is 5.97 Å². The van der Waals surface area contributed by atoms with Crippen molar-refractivity contribution >= 4 is 56.2 Å². The summed E-state index contributed by atoms with van der Waals surface area (Å²) in [6.45, 7) is 0. The van der Waals surface area contributed by atoms with Gasteiger partial charge in [0.05, 0.1) is 11.8 Å². The van der Waals surface area contributed by atoms with Gasteiger partial charge in [0.15, 0.2) is 5.11 Å². The summed E-state index contributed by atoms with van der Waals surface area (Å²) in [6, 6.07) is 18.4. The highest BCUT2D eigenvalue weighted by Crippen LogP contribution is 2.25. The normalized spacial score (nSPS) is 10.8. The van der Waals surface area contributed by atoms with Gasteiger partial charge in [-0.25, -0.2) is 4.79 Å². The molecule has 0 atom stereocenters. The van der Waals surface area contributed by atoms with Gasteiger partial charge < -0.3 is 10.5 Å². The van der Waals surface area contributed by atoms with E-state index in [1.807, 2.05) is 36.4 Å². The second-order valence-corrected chi connectivity index (χ2v) is 6.69. The SMILES string of the molecule is NC(=S)N/N=C\c1cc(Br)ccc1OC(=O)c1cccc2ccccc12. The minimum Gasteiger partial charge on any atom is -0.422 e. The molecule has 0 aliphatic heterocycles. The van der Waals surface area contributed by atoms with Crippen molar-refractivity contribution in [3.63, 3.8) is 0 Å². The fourth-order valence-electron chi connectivity index (χ4n) is 2.44. The van der Waals surface area contributed by atoms with Crippen LogP contribution in [0.3, 0.4) is 0 Å². The minimum absolute atomic E-state index is 0.0468. The molecule has 3 aromatic rings. The van der Waals surface area contributed by atoms with Crippen LogP contribution in [0.25, 0.3) is 10.8 Å². The Morgan fingerprint density at radius 3 is 2.73 bits per heavy atom. The maximum absolute atomic E-state index is 12.7. The van der Waals surface area contributed by atoms with Gasteiger partial charge in [-0.3, -0.25) is 5.43 Å². The standard InChI is InChI=1S/C19H14BrN3O2S/c20-14-8-9-17(13(10-14)11-22-23-19(21)26)25-18(24)16-7-3-5-12-4-1-2-6-15(12)16/h1-11H,(H3,21,23,26)/b22-11-. The molecule has 130 valence electrons. The van der Waals surface area contributed by atoms with E-state index in [1.165, 1.54) is 6.21 Å². The van der Waals surface area contributed by atoms with E-state index >= 15 is 0 Å². The van der Waals surface area contributed by atoms with Crippen LogP contribution < -0.4 is 15.9 Å². The predicted molar refractivity (Wildman–Crippen MR) is 111 cm³/mol. The summed E-state index contributed by atoms with van der Waals surface area (Å²) in [6.07, 6.45) is 1.48. The van der Waals surface area contributed by atoms with Crippen LogP contribution in [0.4, 0.5) is 0 Å². The molecule has 7 heteroatoms. The van der Waals surface area contributed by atoms with Crippen LogP contribution in [0, 0.1) is 0 Å². The molecule has 0 heterocycles. The molecule has 26 heavy (non-hydrogen) atoms. The number of hydrogen-bond acceptors (Lipinski definition) is 4. The number of carbonyl (C=O) groups is 1. The third kappa shape index (κ3) is 4.25. The number of benzene rings is 3. The molecule has 3 rings (SSSR count). The van der Waals surface area contributed by atoms with Crippen LogP contribution in [-0.2, 0) is 0 Å². The monoisotopic (exact) mass is 427 g/mol. The Hall–Kier alpha value is -2.77. The Morgan fingerprint density at radius 1 is 1.15 bits per heavy atom. The highest BCUT2D eigenvalue weighted by molar-refractivity contribution is 9.10. The third-order valence-electron chi connectivity index (χ3n) is 3.56. The van der Waals surface area contributed by atoms with Crippen molar-refractivity contribution in [1.82, 2.24) is 5.43 Å². The fraction of sp³-hybridized carbons (Fsp3) is 0. The summed E-state index contributed by atoms with van der Waals surface area (Å²) in [7, 11) is 0. The van der Waals surface area contributed by atoms with Gasteiger partial charge in [0.25, 0.3) is 0 Å². The van der Waals surface area contributed by atoms with Crippen molar-refractivity contribution in [3.05, 3.63) is 76.3 Å². The number of hydrogen-bond donors (Lipinski definition) is 2. The molecule has 5 nitrogen and oxygen atoms in total. The lowest BCUT2D eigenvalue weighted by Crippen LogP contribution is -2.24. The average Bonchev–Trinajstić information content (AvgIpc) is 2.63. The minimum atomic E-state index is -0.443. The third-order valence-corrected chi connectivity index (χ3v) is 4.15. The van der Waals surface area contributed by atoms with Crippen molar-refractivity contribution in [1.29, 1.82) is 0 Å². The first-order valence-electron chi connectivity index (χ1n) is 7.62. The number of nitrogens with one attached hydrogen (secondary N) is 1. The zero-order valence-corrected chi connectivity index (χ0v) is 15.9. The number of esters is 1. The number of rotatable bonds is 4. The summed E-state index contributed by atoms with van der Waals surface area (Å²) >= 11 is 8.09. The van der Waals surface area contributed by atoms with Crippen molar-refractivity contribution < 1.29 is 9.53 Å². The predicted octanol–water partition coefficient (Wildman–Crippen LogP) is 3.99. The first-order valence-corrected chi connectivity index (χ1v) is 8.83. The molecule has 0 aliphatic rings. The van der Waals surface area contributed by atoms with E-state index in [2.05, 4.69) is 26.5 Å². The first-order chi connectivity index (χ1) is 12.5. The molecule has 0 unspecified atom stereocenters. The molecule has 0 fully saturated rings. The topological polar surface area (TPSA) is 76.7 Å². The van der Waals surface area contributed by atoms with E-state index in [4.69, 9.17) is 22.7 Å². The molecule has 3 aromatic carbocycles. The van der Waals surface area contributed by atoms with Crippen LogP contribution in [0.1, 0.15) is 15.9 Å². The van der Waals surface area contributed by atoms with Crippen LogP contribution in [-0.4, -0.2) is 17.3 Å². The number of nitrogens with zero attached hydrogens (tertiary/aromatic N) is 1. The molecular weight excluding hydrogens is 414 g/mol. The number of halogens is 1. The maximum Gasteiger partial charge on any atom is 0.344 e. The number of fused-ring (bicyclic) bond motifs is 1. The van der Waals surface area contributed by atoms with Gasteiger partial charge in [0.1, 0.15) is 5.75 Å². The molecule has 3 N–H and O–H groups in total. The molecule has 0 aliphatic carbocycles. The molecule has 0 aromatic heterocycles. The van der Waals surface area contributed by atoms with E-state index in [0.29, 0.717) is 16.9 Å². The molecule has 0 saturated heterocycles. The Bertz CT molecular complexity index is 1020. The van der Waals surface area contributed by atoms with Gasteiger partial charge in [0.2, 0.25) is 0 Å². The molecular formula is C19H14BrN3O2S. The molecule has 0 amide bonds.